The van der Waals surface area contributed by atoms with E-state index < -0.39 is 23.8 Å². The van der Waals surface area contributed by atoms with Crippen LogP contribution in [0.4, 0.5) is 24.0 Å². The number of amides is 1. The van der Waals surface area contributed by atoms with E-state index >= 15 is 0 Å². The molecule has 0 spiro atoms. The fourth-order valence-electron chi connectivity index (χ4n) is 2.88. The standard InChI is InChI=1S/C17H17F3N4O2S/c18-17(19,20)12-4-1-3-10-13(12)24(7-2-5-21)9-11(14(10)25)15(26)23-16-22-6-8-27-16/h1,3-4,6,8-9,14,25H,2,5,7,21H2,(H,22,23,26). The van der Waals surface area contributed by atoms with E-state index in [0.29, 0.717) is 11.6 Å². The van der Waals surface area contributed by atoms with Crippen LogP contribution in [0.3, 0.4) is 0 Å². The van der Waals surface area contributed by atoms with Crippen molar-refractivity contribution in [3.8, 4) is 0 Å². The highest BCUT2D eigenvalue weighted by Crippen LogP contribution is 2.44. The van der Waals surface area contributed by atoms with Crippen LogP contribution in [0.1, 0.15) is 23.7 Å². The van der Waals surface area contributed by atoms with Crippen LogP contribution in [-0.2, 0) is 11.0 Å². The molecule has 2 heterocycles. The summed E-state index contributed by atoms with van der Waals surface area (Å²) in [6.45, 7) is 0.453. The fraction of sp³-hybridized carbons (Fsp3) is 0.294. The molecule has 1 aromatic carbocycles. The Labute approximate surface area is 157 Å². The third-order valence-corrected chi connectivity index (χ3v) is 4.75. The largest absolute Gasteiger partial charge is 0.418 e. The molecule has 144 valence electrons. The maximum absolute atomic E-state index is 13.5. The van der Waals surface area contributed by atoms with Crippen LogP contribution < -0.4 is 16.0 Å². The second-order valence-electron chi connectivity index (χ2n) is 5.86. The van der Waals surface area contributed by atoms with E-state index in [-0.39, 0.29) is 29.9 Å². The topological polar surface area (TPSA) is 91.5 Å². The van der Waals surface area contributed by atoms with Crippen molar-refractivity contribution in [2.24, 2.45) is 5.73 Å². The minimum absolute atomic E-state index is 0.0219. The van der Waals surface area contributed by atoms with Crippen molar-refractivity contribution in [1.82, 2.24) is 4.98 Å². The summed E-state index contributed by atoms with van der Waals surface area (Å²) >= 11 is 1.19. The first-order chi connectivity index (χ1) is 12.8. The summed E-state index contributed by atoms with van der Waals surface area (Å²) in [6.07, 6.45) is -2.91. The lowest BCUT2D eigenvalue weighted by molar-refractivity contribution is -0.137. The number of fused-ring (bicyclic) bond motifs is 1. The zero-order valence-corrected chi connectivity index (χ0v) is 14.8. The maximum atomic E-state index is 13.5. The molecule has 1 aliphatic heterocycles. The lowest BCUT2D eigenvalue weighted by atomic mass is 9.92. The van der Waals surface area contributed by atoms with Gasteiger partial charge in [-0.15, -0.1) is 11.3 Å². The normalized spacial score (nSPS) is 16.7. The van der Waals surface area contributed by atoms with Gasteiger partial charge in [0.2, 0.25) is 0 Å². The highest BCUT2D eigenvalue weighted by atomic mass is 32.1. The van der Waals surface area contributed by atoms with Crippen molar-refractivity contribution in [2.75, 3.05) is 23.3 Å². The number of benzene rings is 1. The Hall–Kier alpha value is -2.43. The lowest BCUT2D eigenvalue weighted by Gasteiger charge is -2.34. The average molecular weight is 398 g/mol. The summed E-state index contributed by atoms with van der Waals surface area (Å²) in [5.41, 5.74) is 4.43. The molecule has 3 rings (SSSR count). The van der Waals surface area contributed by atoms with Crippen molar-refractivity contribution in [3.63, 3.8) is 0 Å². The Morgan fingerprint density at radius 1 is 1.41 bits per heavy atom. The van der Waals surface area contributed by atoms with Gasteiger partial charge >= 0.3 is 6.18 Å². The van der Waals surface area contributed by atoms with Crippen LogP contribution in [0.25, 0.3) is 0 Å². The Morgan fingerprint density at radius 3 is 2.81 bits per heavy atom. The minimum atomic E-state index is -4.60. The fourth-order valence-corrected chi connectivity index (χ4v) is 3.40. The molecule has 6 nitrogen and oxygen atoms in total. The minimum Gasteiger partial charge on any atom is -0.383 e. The Balaban J connectivity index is 2.03. The number of aromatic nitrogens is 1. The number of nitrogens with one attached hydrogen (secondary N) is 1. The van der Waals surface area contributed by atoms with E-state index in [0.717, 1.165) is 6.07 Å². The number of hydrogen-bond donors (Lipinski definition) is 3. The van der Waals surface area contributed by atoms with E-state index in [1.54, 1.807) is 5.38 Å². The number of aliphatic hydroxyl groups excluding tert-OH is 1. The summed E-state index contributed by atoms with van der Waals surface area (Å²) < 4.78 is 40.4. The van der Waals surface area contributed by atoms with Gasteiger partial charge in [0.25, 0.3) is 5.91 Å². The Morgan fingerprint density at radius 2 is 2.19 bits per heavy atom. The van der Waals surface area contributed by atoms with Crippen molar-refractivity contribution in [2.45, 2.75) is 18.7 Å². The van der Waals surface area contributed by atoms with E-state index in [4.69, 9.17) is 5.73 Å². The molecule has 1 atom stereocenters. The Bertz CT molecular complexity index is 852. The Kier molecular flexibility index (Phi) is 5.49. The summed E-state index contributed by atoms with van der Waals surface area (Å²) in [4.78, 5) is 17.8. The van der Waals surface area contributed by atoms with Crippen molar-refractivity contribution >= 4 is 28.1 Å². The quantitative estimate of drug-likeness (QED) is 0.720. The number of alkyl halides is 3. The molecular formula is C17H17F3N4O2S. The second-order valence-corrected chi connectivity index (χ2v) is 6.75. The molecule has 0 aliphatic carbocycles. The summed E-state index contributed by atoms with van der Waals surface area (Å²) in [5, 5.41) is 15.1. The van der Waals surface area contributed by atoms with E-state index in [9.17, 15) is 23.1 Å². The number of carbonyl (C=O) groups is 1. The number of halogens is 3. The van der Waals surface area contributed by atoms with Crippen LogP contribution in [-0.4, -0.2) is 29.1 Å². The number of hydrogen-bond acceptors (Lipinski definition) is 6. The predicted octanol–water partition coefficient (Wildman–Crippen LogP) is 2.89. The predicted molar refractivity (Wildman–Crippen MR) is 96.2 cm³/mol. The van der Waals surface area contributed by atoms with Crippen LogP contribution in [0.2, 0.25) is 0 Å². The number of thiazole rings is 1. The van der Waals surface area contributed by atoms with Crippen LogP contribution >= 0.6 is 11.3 Å². The molecule has 4 N–H and O–H groups in total. The van der Waals surface area contributed by atoms with Crippen LogP contribution in [0.15, 0.2) is 41.5 Å². The van der Waals surface area contributed by atoms with Gasteiger partial charge in [-0.1, -0.05) is 12.1 Å². The van der Waals surface area contributed by atoms with E-state index in [1.807, 2.05) is 0 Å². The molecule has 10 heteroatoms. The number of aliphatic hydroxyl groups is 1. The second kappa shape index (κ2) is 7.67. The van der Waals surface area contributed by atoms with Crippen LogP contribution in [0, 0.1) is 0 Å². The lowest BCUT2D eigenvalue weighted by Crippen LogP contribution is -2.32. The summed E-state index contributed by atoms with van der Waals surface area (Å²) in [5.74, 6) is -0.627. The number of nitrogens with zero attached hydrogens (tertiary/aromatic N) is 2. The third-order valence-electron chi connectivity index (χ3n) is 4.06. The van der Waals surface area contributed by atoms with Gasteiger partial charge in [0.15, 0.2) is 5.13 Å². The smallest absolute Gasteiger partial charge is 0.383 e. The van der Waals surface area contributed by atoms with Gasteiger partial charge in [0.1, 0.15) is 6.10 Å². The molecule has 1 amide bonds. The molecule has 0 fully saturated rings. The zero-order valence-electron chi connectivity index (χ0n) is 14.0. The molecule has 27 heavy (non-hydrogen) atoms. The molecule has 1 aromatic heterocycles. The highest BCUT2D eigenvalue weighted by Gasteiger charge is 2.39. The third kappa shape index (κ3) is 3.97. The molecule has 1 aliphatic rings. The van der Waals surface area contributed by atoms with E-state index in [2.05, 4.69) is 10.3 Å². The number of para-hydroxylation sites is 1. The highest BCUT2D eigenvalue weighted by molar-refractivity contribution is 7.13. The van der Waals surface area contributed by atoms with Gasteiger partial charge in [0.05, 0.1) is 16.8 Å². The van der Waals surface area contributed by atoms with Crippen LogP contribution in [0.5, 0.6) is 0 Å². The average Bonchev–Trinajstić information content (AvgIpc) is 3.13. The summed E-state index contributed by atoms with van der Waals surface area (Å²) in [6, 6.07) is 3.55. The van der Waals surface area contributed by atoms with Gasteiger partial charge in [-0.3, -0.25) is 10.1 Å². The maximum Gasteiger partial charge on any atom is 0.418 e. The van der Waals surface area contributed by atoms with Gasteiger partial charge in [-0.25, -0.2) is 4.98 Å². The molecule has 0 bridgehead atoms. The number of anilines is 2. The van der Waals surface area contributed by atoms with Gasteiger partial charge in [0, 0.05) is 29.9 Å². The first-order valence-corrected chi connectivity index (χ1v) is 8.98. The van der Waals surface area contributed by atoms with Crippen molar-refractivity contribution in [1.29, 1.82) is 0 Å². The van der Waals surface area contributed by atoms with Crippen molar-refractivity contribution in [3.05, 3.63) is 52.7 Å². The molecule has 1 unspecified atom stereocenters. The van der Waals surface area contributed by atoms with E-state index in [1.165, 1.54) is 40.8 Å². The number of nitrogens with two attached hydrogens (primary N) is 1. The van der Waals surface area contributed by atoms with Gasteiger partial charge in [-0.05, 0) is 19.0 Å². The van der Waals surface area contributed by atoms with Gasteiger partial charge in [-0.2, -0.15) is 13.2 Å². The molecule has 0 saturated heterocycles. The first-order valence-electron chi connectivity index (χ1n) is 8.10. The molecular weight excluding hydrogens is 381 g/mol. The van der Waals surface area contributed by atoms with Crippen molar-refractivity contribution < 1.29 is 23.1 Å². The molecule has 2 aromatic rings. The monoisotopic (exact) mass is 398 g/mol. The number of rotatable bonds is 5. The SMILES string of the molecule is NCCCN1C=C(C(=O)Nc2nccs2)C(O)c2cccc(C(F)(F)F)c21. The number of carbonyl (C=O) groups excluding carboxylic acids is 1. The van der Waals surface area contributed by atoms with Gasteiger partial charge < -0.3 is 15.7 Å². The first kappa shape index (κ1) is 19.3. The molecule has 0 saturated carbocycles. The molecule has 0 radical (unpaired) electrons. The zero-order chi connectivity index (χ0) is 19.6. The summed E-state index contributed by atoms with van der Waals surface area (Å²) in [7, 11) is 0.